The molecule has 0 atom stereocenters. The highest BCUT2D eigenvalue weighted by Crippen LogP contribution is 2.30. The lowest BCUT2D eigenvalue weighted by atomic mass is 10.0. The van der Waals surface area contributed by atoms with E-state index in [9.17, 15) is 4.79 Å². The minimum absolute atomic E-state index is 0.0716. The van der Waals surface area contributed by atoms with Crippen LogP contribution >= 0.6 is 0 Å². The van der Waals surface area contributed by atoms with Gasteiger partial charge in [-0.15, -0.1) is 0 Å². The number of carbonyl (C=O) groups excluding carboxylic acids is 1. The van der Waals surface area contributed by atoms with Crippen LogP contribution in [-0.2, 0) is 4.79 Å². The smallest absolute Gasteiger partial charge is 0.159 e. The van der Waals surface area contributed by atoms with Gasteiger partial charge in [0, 0.05) is 37.0 Å². The molecular weight excluding hydrogens is 202 g/mol. The van der Waals surface area contributed by atoms with Crippen molar-refractivity contribution in [2.45, 2.75) is 6.92 Å². The molecule has 0 aromatic heterocycles. The van der Waals surface area contributed by atoms with Gasteiger partial charge in [-0.3, -0.25) is 4.79 Å². The first-order valence-corrected chi connectivity index (χ1v) is 5.23. The lowest BCUT2D eigenvalue weighted by Gasteiger charge is -2.19. The van der Waals surface area contributed by atoms with E-state index in [1.807, 2.05) is 43.3 Å². The molecule has 84 valence electrons. The molecule has 0 N–H and O–H groups in total. The lowest BCUT2D eigenvalue weighted by molar-refractivity contribution is -0.113. The SMILES string of the molecule is CC(=O)C1=Cc2ccc(N(C)C)cc2OC1. The van der Waals surface area contributed by atoms with E-state index in [1.165, 1.54) is 0 Å². The van der Waals surface area contributed by atoms with Crippen molar-refractivity contribution in [2.75, 3.05) is 25.6 Å². The predicted octanol–water partition coefficient (Wildman–Crippen LogP) is 2.12. The summed E-state index contributed by atoms with van der Waals surface area (Å²) in [4.78, 5) is 13.2. The van der Waals surface area contributed by atoms with Crippen molar-refractivity contribution in [2.24, 2.45) is 0 Å². The second-order valence-corrected chi connectivity index (χ2v) is 4.13. The second kappa shape index (κ2) is 4.00. The number of Topliss-reactive ketones (excluding diaryl/α,β-unsaturated/α-hetero) is 1. The maximum absolute atomic E-state index is 11.2. The molecule has 3 nitrogen and oxygen atoms in total. The van der Waals surface area contributed by atoms with Gasteiger partial charge in [0.25, 0.3) is 0 Å². The summed E-state index contributed by atoms with van der Waals surface area (Å²) in [6, 6.07) is 5.98. The molecule has 0 saturated heterocycles. The van der Waals surface area contributed by atoms with Gasteiger partial charge in [-0.2, -0.15) is 0 Å². The molecule has 0 saturated carbocycles. The van der Waals surface area contributed by atoms with Gasteiger partial charge < -0.3 is 9.64 Å². The Kier molecular flexibility index (Phi) is 2.69. The number of hydrogen-bond donors (Lipinski definition) is 0. The van der Waals surface area contributed by atoms with Crippen molar-refractivity contribution in [1.29, 1.82) is 0 Å². The van der Waals surface area contributed by atoms with Crippen LogP contribution in [0.2, 0.25) is 0 Å². The Morgan fingerprint density at radius 2 is 2.12 bits per heavy atom. The summed E-state index contributed by atoms with van der Waals surface area (Å²) < 4.78 is 5.57. The monoisotopic (exact) mass is 217 g/mol. The number of benzene rings is 1. The average molecular weight is 217 g/mol. The molecule has 0 unspecified atom stereocenters. The van der Waals surface area contributed by atoms with Crippen LogP contribution in [0.5, 0.6) is 5.75 Å². The maximum Gasteiger partial charge on any atom is 0.159 e. The van der Waals surface area contributed by atoms with E-state index < -0.39 is 0 Å². The van der Waals surface area contributed by atoms with Crippen LogP contribution in [-0.4, -0.2) is 26.5 Å². The fourth-order valence-corrected chi connectivity index (χ4v) is 1.63. The zero-order valence-corrected chi connectivity index (χ0v) is 9.78. The fraction of sp³-hybridized carbons (Fsp3) is 0.308. The van der Waals surface area contributed by atoms with Crippen LogP contribution in [0, 0.1) is 0 Å². The number of rotatable bonds is 2. The average Bonchev–Trinajstić information content (AvgIpc) is 2.27. The molecule has 3 heteroatoms. The van der Waals surface area contributed by atoms with Gasteiger partial charge >= 0.3 is 0 Å². The van der Waals surface area contributed by atoms with Crippen molar-refractivity contribution in [3.05, 3.63) is 29.3 Å². The van der Waals surface area contributed by atoms with Gasteiger partial charge in [0.2, 0.25) is 0 Å². The first kappa shape index (κ1) is 10.7. The van der Waals surface area contributed by atoms with Crippen LogP contribution in [0.3, 0.4) is 0 Å². The second-order valence-electron chi connectivity index (χ2n) is 4.13. The third-order valence-electron chi connectivity index (χ3n) is 2.68. The molecule has 0 bridgehead atoms. The Morgan fingerprint density at radius 3 is 2.75 bits per heavy atom. The van der Waals surface area contributed by atoms with Crippen LogP contribution < -0.4 is 9.64 Å². The molecular formula is C13H15NO2. The normalized spacial score (nSPS) is 13.6. The van der Waals surface area contributed by atoms with Crippen LogP contribution in [0.1, 0.15) is 12.5 Å². The number of ether oxygens (including phenoxy) is 1. The number of nitrogens with zero attached hydrogens (tertiary/aromatic N) is 1. The highest BCUT2D eigenvalue weighted by molar-refractivity contribution is 5.99. The molecule has 0 amide bonds. The summed E-state index contributed by atoms with van der Waals surface area (Å²) >= 11 is 0. The molecule has 0 fully saturated rings. The highest BCUT2D eigenvalue weighted by Gasteiger charge is 2.14. The zero-order valence-electron chi connectivity index (χ0n) is 9.78. The molecule has 2 rings (SSSR count). The van der Waals surface area contributed by atoms with Crippen molar-refractivity contribution in [1.82, 2.24) is 0 Å². The topological polar surface area (TPSA) is 29.5 Å². The van der Waals surface area contributed by atoms with Crippen LogP contribution in [0.25, 0.3) is 6.08 Å². The Hall–Kier alpha value is -1.77. The number of anilines is 1. The van der Waals surface area contributed by atoms with Crippen molar-refractivity contribution < 1.29 is 9.53 Å². The third kappa shape index (κ3) is 1.94. The van der Waals surface area contributed by atoms with Gasteiger partial charge in [-0.25, -0.2) is 0 Å². The molecule has 1 heterocycles. The Balaban J connectivity index is 2.39. The Labute approximate surface area is 95.3 Å². The number of fused-ring (bicyclic) bond motifs is 1. The number of hydrogen-bond acceptors (Lipinski definition) is 3. The highest BCUT2D eigenvalue weighted by atomic mass is 16.5. The first-order valence-electron chi connectivity index (χ1n) is 5.23. The maximum atomic E-state index is 11.2. The Bertz CT molecular complexity index is 461. The number of ketones is 1. The van der Waals surface area contributed by atoms with Crippen molar-refractivity contribution in [3.63, 3.8) is 0 Å². The van der Waals surface area contributed by atoms with E-state index in [-0.39, 0.29) is 5.78 Å². The summed E-state index contributed by atoms with van der Waals surface area (Å²) in [5.74, 6) is 0.915. The molecule has 0 aliphatic carbocycles. The van der Waals surface area contributed by atoms with Gasteiger partial charge in [-0.05, 0) is 25.1 Å². The van der Waals surface area contributed by atoms with E-state index in [2.05, 4.69) is 0 Å². The predicted molar refractivity (Wildman–Crippen MR) is 64.9 cm³/mol. The first-order chi connectivity index (χ1) is 7.58. The molecule has 16 heavy (non-hydrogen) atoms. The summed E-state index contributed by atoms with van der Waals surface area (Å²) in [5, 5.41) is 0. The summed E-state index contributed by atoms with van der Waals surface area (Å²) in [6.07, 6.45) is 1.90. The summed E-state index contributed by atoms with van der Waals surface area (Å²) in [7, 11) is 3.97. The van der Waals surface area contributed by atoms with E-state index in [0.29, 0.717) is 6.61 Å². The van der Waals surface area contributed by atoms with E-state index in [4.69, 9.17) is 4.74 Å². The molecule has 1 aliphatic rings. The quantitative estimate of drug-likeness (QED) is 0.760. The molecule has 0 radical (unpaired) electrons. The summed E-state index contributed by atoms with van der Waals surface area (Å²) in [6.45, 7) is 1.94. The van der Waals surface area contributed by atoms with Gasteiger partial charge in [0.15, 0.2) is 5.78 Å². The molecule has 1 aromatic carbocycles. The fourth-order valence-electron chi connectivity index (χ4n) is 1.63. The van der Waals surface area contributed by atoms with E-state index in [0.717, 1.165) is 22.6 Å². The zero-order chi connectivity index (χ0) is 11.7. The van der Waals surface area contributed by atoms with Gasteiger partial charge in [0.1, 0.15) is 12.4 Å². The van der Waals surface area contributed by atoms with Crippen LogP contribution in [0.15, 0.2) is 23.8 Å². The van der Waals surface area contributed by atoms with Crippen molar-refractivity contribution >= 4 is 17.5 Å². The van der Waals surface area contributed by atoms with E-state index >= 15 is 0 Å². The standard InChI is InChI=1S/C13H15NO2/c1-9(15)11-6-10-4-5-12(14(2)3)7-13(10)16-8-11/h4-7H,8H2,1-3H3. The largest absolute Gasteiger partial charge is 0.488 e. The number of carbonyl (C=O) groups is 1. The van der Waals surface area contributed by atoms with Crippen molar-refractivity contribution in [3.8, 4) is 5.75 Å². The summed E-state index contributed by atoms with van der Waals surface area (Å²) in [5.41, 5.74) is 2.80. The minimum atomic E-state index is 0.0716. The third-order valence-corrected chi connectivity index (χ3v) is 2.68. The molecule has 0 spiro atoms. The minimum Gasteiger partial charge on any atom is -0.488 e. The molecule has 1 aliphatic heterocycles. The van der Waals surface area contributed by atoms with Gasteiger partial charge in [-0.1, -0.05) is 0 Å². The molecule has 1 aromatic rings. The van der Waals surface area contributed by atoms with E-state index in [1.54, 1.807) is 6.92 Å². The lowest BCUT2D eigenvalue weighted by Crippen LogP contribution is -2.14. The Morgan fingerprint density at radius 1 is 1.38 bits per heavy atom. The van der Waals surface area contributed by atoms with Crippen LogP contribution in [0.4, 0.5) is 5.69 Å². The van der Waals surface area contributed by atoms with Gasteiger partial charge in [0.05, 0.1) is 0 Å².